The zero-order chi connectivity index (χ0) is 16.9. The average Bonchev–Trinajstić information content (AvgIpc) is 3.08. The number of nitrogens with one attached hydrogen (secondary N) is 1. The molecular weight excluding hydrogens is 296 g/mol. The first kappa shape index (κ1) is 15.7. The van der Waals surface area contributed by atoms with Gasteiger partial charge < -0.3 is 4.90 Å². The van der Waals surface area contributed by atoms with Crippen LogP contribution >= 0.6 is 0 Å². The first-order valence-electron chi connectivity index (χ1n) is 7.92. The third-order valence-corrected chi connectivity index (χ3v) is 4.20. The fourth-order valence-corrected chi connectivity index (χ4v) is 3.07. The number of hydrogen-bond donors (Lipinski definition) is 1. The van der Waals surface area contributed by atoms with Crippen LogP contribution in [0.15, 0.2) is 6.07 Å². The van der Waals surface area contributed by atoms with Crippen molar-refractivity contribution in [2.24, 2.45) is 0 Å². The number of hydrogen-bond acceptors (Lipinski definition) is 4. The number of nitrogens with zero attached hydrogens (tertiary/aromatic N) is 3. The van der Waals surface area contributed by atoms with Crippen molar-refractivity contribution in [1.82, 2.24) is 20.0 Å². The van der Waals surface area contributed by atoms with E-state index >= 15 is 0 Å². The van der Waals surface area contributed by atoms with Gasteiger partial charge in [0.05, 0.1) is 12.0 Å². The number of aryl methyl sites for hydroxylation is 1. The molecule has 1 aromatic heterocycles. The molecule has 1 N–H and O–H groups in total. The summed E-state index contributed by atoms with van der Waals surface area (Å²) in [6.07, 6.45) is 1.77. The maximum absolute atomic E-state index is 12.9. The molecule has 0 aromatic carbocycles. The zero-order valence-corrected chi connectivity index (χ0v) is 13.9. The number of amides is 3. The van der Waals surface area contributed by atoms with Crippen LogP contribution in [0.3, 0.4) is 0 Å². The quantitative estimate of drug-likeness (QED) is 0.842. The first-order valence-corrected chi connectivity index (χ1v) is 7.92. The van der Waals surface area contributed by atoms with E-state index in [9.17, 15) is 14.4 Å². The van der Waals surface area contributed by atoms with E-state index in [0.717, 1.165) is 18.5 Å². The van der Waals surface area contributed by atoms with Crippen LogP contribution in [-0.2, 0) is 15.1 Å². The van der Waals surface area contributed by atoms with Crippen molar-refractivity contribution >= 4 is 17.7 Å². The van der Waals surface area contributed by atoms with Crippen LogP contribution in [0.5, 0.6) is 0 Å². The third kappa shape index (κ3) is 2.87. The largest absolute Gasteiger partial charge is 0.322 e. The van der Waals surface area contributed by atoms with Gasteiger partial charge in [-0.3, -0.25) is 24.4 Å². The second kappa shape index (κ2) is 5.18. The van der Waals surface area contributed by atoms with Crippen molar-refractivity contribution in [3.8, 4) is 0 Å². The molecule has 0 unspecified atom stereocenters. The van der Waals surface area contributed by atoms with Gasteiger partial charge in [-0.25, -0.2) is 0 Å². The Morgan fingerprint density at radius 1 is 1.35 bits per heavy atom. The van der Waals surface area contributed by atoms with Gasteiger partial charge in [0.25, 0.3) is 5.91 Å². The van der Waals surface area contributed by atoms with Crippen LogP contribution < -0.4 is 5.32 Å². The zero-order valence-electron chi connectivity index (χ0n) is 13.9. The van der Waals surface area contributed by atoms with E-state index < -0.39 is 6.04 Å². The predicted molar refractivity (Wildman–Crippen MR) is 82.7 cm³/mol. The normalized spacial score (nSPS) is 21.5. The van der Waals surface area contributed by atoms with Crippen LogP contribution in [0, 0.1) is 6.92 Å². The van der Waals surface area contributed by atoms with E-state index in [0.29, 0.717) is 5.69 Å². The summed E-state index contributed by atoms with van der Waals surface area (Å²) in [6, 6.07) is 1.07. The molecule has 1 atom stereocenters. The number of imide groups is 1. The highest BCUT2D eigenvalue weighted by Crippen LogP contribution is 2.32. The molecule has 7 heteroatoms. The summed E-state index contributed by atoms with van der Waals surface area (Å²) in [6.45, 7) is 7.96. The highest BCUT2D eigenvalue weighted by atomic mass is 16.2. The molecule has 1 saturated heterocycles. The van der Waals surface area contributed by atoms with E-state index in [4.69, 9.17) is 0 Å². The summed E-state index contributed by atoms with van der Waals surface area (Å²) in [4.78, 5) is 37.9. The first-order chi connectivity index (χ1) is 10.7. The molecular formula is C16H22N4O3. The molecule has 1 aromatic rings. The summed E-state index contributed by atoms with van der Waals surface area (Å²) < 4.78 is 1.81. The van der Waals surface area contributed by atoms with Crippen molar-refractivity contribution in [2.75, 3.05) is 0 Å². The smallest absolute Gasteiger partial charge is 0.275 e. The van der Waals surface area contributed by atoms with Crippen molar-refractivity contribution in [2.45, 2.75) is 64.6 Å². The standard InChI is InChI=1S/C16H22N4O3/c1-9-7-11(18-20(9)16(2,3)4)15(23)19(10-5-6-10)12-8-13(21)17-14(12)22/h7,10,12H,5-6,8H2,1-4H3,(H,17,21,22)/t12-/m0/s1. The summed E-state index contributed by atoms with van der Waals surface area (Å²) >= 11 is 0. The second-order valence-corrected chi connectivity index (χ2v) is 7.33. The summed E-state index contributed by atoms with van der Waals surface area (Å²) in [5, 5.41) is 6.72. The highest BCUT2D eigenvalue weighted by molar-refractivity contribution is 6.08. The molecule has 0 radical (unpaired) electrons. The Kier molecular flexibility index (Phi) is 3.54. The van der Waals surface area contributed by atoms with Crippen molar-refractivity contribution in [3.63, 3.8) is 0 Å². The number of aromatic nitrogens is 2. The SMILES string of the molecule is Cc1cc(C(=O)N(C2CC2)[C@H]2CC(=O)NC2=O)nn1C(C)(C)C. The molecule has 3 amide bonds. The fraction of sp³-hybridized carbons (Fsp3) is 0.625. The summed E-state index contributed by atoms with van der Waals surface area (Å²) in [5.41, 5.74) is 0.994. The molecule has 2 fully saturated rings. The van der Waals surface area contributed by atoms with Crippen molar-refractivity contribution < 1.29 is 14.4 Å². The Morgan fingerprint density at radius 2 is 2.00 bits per heavy atom. The lowest BCUT2D eigenvalue weighted by Crippen LogP contribution is -2.46. The molecule has 0 bridgehead atoms. The van der Waals surface area contributed by atoms with Gasteiger partial charge in [-0.05, 0) is 46.6 Å². The topological polar surface area (TPSA) is 84.3 Å². The minimum atomic E-state index is -0.706. The lowest BCUT2D eigenvalue weighted by atomic mass is 10.1. The van der Waals surface area contributed by atoms with E-state index in [-0.39, 0.29) is 35.7 Å². The molecule has 1 aliphatic heterocycles. The summed E-state index contributed by atoms with van der Waals surface area (Å²) in [5.74, 6) is -0.981. The highest BCUT2D eigenvalue weighted by Gasteiger charge is 2.45. The van der Waals surface area contributed by atoms with Crippen LogP contribution in [0.25, 0.3) is 0 Å². The molecule has 7 nitrogen and oxygen atoms in total. The fourth-order valence-electron chi connectivity index (χ4n) is 3.07. The van der Waals surface area contributed by atoms with Crippen LogP contribution in [-0.4, -0.2) is 44.5 Å². The minimum Gasteiger partial charge on any atom is -0.322 e. The van der Waals surface area contributed by atoms with Crippen molar-refractivity contribution in [3.05, 3.63) is 17.5 Å². The maximum atomic E-state index is 12.9. The molecule has 23 heavy (non-hydrogen) atoms. The van der Waals surface area contributed by atoms with Gasteiger partial charge in [-0.15, -0.1) is 0 Å². The summed E-state index contributed by atoms with van der Waals surface area (Å²) in [7, 11) is 0. The van der Waals surface area contributed by atoms with Gasteiger partial charge in [-0.2, -0.15) is 5.10 Å². The van der Waals surface area contributed by atoms with Gasteiger partial charge in [0, 0.05) is 11.7 Å². The monoisotopic (exact) mass is 318 g/mol. The number of carbonyl (C=O) groups excluding carboxylic acids is 3. The molecule has 124 valence electrons. The van der Waals surface area contributed by atoms with E-state index in [1.54, 1.807) is 11.0 Å². The van der Waals surface area contributed by atoms with Gasteiger partial charge >= 0.3 is 0 Å². The Bertz CT molecular complexity index is 682. The van der Waals surface area contributed by atoms with Crippen molar-refractivity contribution in [1.29, 1.82) is 0 Å². The molecule has 2 aliphatic rings. The predicted octanol–water partition coefficient (Wildman–Crippen LogP) is 0.966. The maximum Gasteiger partial charge on any atom is 0.275 e. The lowest BCUT2D eigenvalue weighted by molar-refractivity contribution is -0.126. The number of carbonyl (C=O) groups is 3. The van der Waals surface area contributed by atoms with E-state index in [1.807, 2.05) is 32.4 Å². The number of rotatable bonds is 3. The lowest BCUT2D eigenvalue weighted by Gasteiger charge is -2.26. The molecule has 1 aliphatic carbocycles. The minimum absolute atomic E-state index is 0.0317. The Morgan fingerprint density at radius 3 is 2.43 bits per heavy atom. The molecule has 2 heterocycles. The third-order valence-electron chi connectivity index (χ3n) is 4.20. The van der Waals surface area contributed by atoms with E-state index in [1.165, 1.54) is 0 Å². The van der Waals surface area contributed by atoms with Gasteiger partial charge in [0.1, 0.15) is 6.04 Å². The van der Waals surface area contributed by atoms with Crippen LogP contribution in [0.2, 0.25) is 0 Å². The average molecular weight is 318 g/mol. The van der Waals surface area contributed by atoms with Crippen LogP contribution in [0.1, 0.15) is 56.2 Å². The Balaban J connectivity index is 1.91. The molecule has 3 rings (SSSR count). The van der Waals surface area contributed by atoms with Gasteiger partial charge in [0.2, 0.25) is 11.8 Å². The van der Waals surface area contributed by atoms with Gasteiger partial charge in [-0.1, -0.05) is 0 Å². The Hall–Kier alpha value is -2.18. The second-order valence-electron chi connectivity index (χ2n) is 7.33. The molecule has 1 saturated carbocycles. The van der Waals surface area contributed by atoms with Crippen LogP contribution in [0.4, 0.5) is 0 Å². The van der Waals surface area contributed by atoms with Gasteiger partial charge in [0.15, 0.2) is 5.69 Å². The van der Waals surface area contributed by atoms with E-state index in [2.05, 4.69) is 10.4 Å². The Labute approximate surface area is 135 Å². The molecule has 0 spiro atoms.